The highest BCUT2D eigenvalue weighted by Gasteiger charge is 2.10. The third-order valence-electron chi connectivity index (χ3n) is 4.50. The Bertz CT molecular complexity index is 1320. The molecule has 0 aliphatic heterocycles. The number of thioether (sulfide) groups is 1. The molecule has 0 amide bonds. The van der Waals surface area contributed by atoms with Gasteiger partial charge in [0.2, 0.25) is 0 Å². The first-order valence-electron chi connectivity index (χ1n) is 10.6. The fourth-order valence-electron chi connectivity index (χ4n) is 2.64. The third kappa shape index (κ3) is 10.8. The van der Waals surface area contributed by atoms with Crippen LogP contribution in [0.1, 0.15) is 11.1 Å². The molecule has 0 saturated carbocycles. The SMILES string of the molecule is O=[N+]([O-])c1ccc(F)c(Cl)c1.O=[N+]([O-])c1ccc(SCc2ccccc2)c(Cl)c1.SCc1ccccc1. The predicted octanol–water partition coefficient (Wildman–Crippen LogP) is 9.04. The van der Waals surface area contributed by atoms with Crippen LogP contribution < -0.4 is 0 Å². The number of non-ortho nitro benzene ring substituents is 2. The van der Waals surface area contributed by atoms with Crippen LogP contribution in [0.4, 0.5) is 15.8 Å². The lowest BCUT2D eigenvalue weighted by molar-refractivity contribution is -0.385. The van der Waals surface area contributed by atoms with Gasteiger partial charge in [-0.3, -0.25) is 20.2 Å². The molecule has 0 spiro atoms. The standard InChI is InChI=1S/C13H10ClNO2S.C7H8S.C6H3ClFNO2/c14-12-8-11(15(16)17)6-7-13(12)18-9-10-4-2-1-3-5-10;8-6-7-4-2-1-3-5-7;7-5-3-4(9(10)11)1-2-6(5)8/h1-8H,9H2;1-5,8H,6H2;1-3H. The van der Waals surface area contributed by atoms with Gasteiger partial charge in [-0.25, -0.2) is 4.39 Å². The molecule has 0 aliphatic rings. The van der Waals surface area contributed by atoms with E-state index in [1.54, 1.807) is 17.8 Å². The maximum Gasteiger partial charge on any atom is 0.271 e. The molecule has 0 radical (unpaired) electrons. The first kappa shape index (κ1) is 30.1. The molecule has 4 aromatic rings. The molecule has 0 fully saturated rings. The maximum atomic E-state index is 12.4. The lowest BCUT2D eigenvalue weighted by Crippen LogP contribution is -1.88. The second kappa shape index (κ2) is 15.9. The van der Waals surface area contributed by atoms with Crippen LogP contribution in [0.25, 0.3) is 0 Å². The first-order chi connectivity index (χ1) is 17.7. The highest BCUT2D eigenvalue weighted by Crippen LogP contribution is 2.32. The van der Waals surface area contributed by atoms with Crippen LogP contribution in [0, 0.1) is 26.0 Å². The molecule has 0 heterocycles. The van der Waals surface area contributed by atoms with Crippen molar-refractivity contribution in [3.8, 4) is 0 Å². The van der Waals surface area contributed by atoms with Gasteiger partial charge in [0.15, 0.2) is 0 Å². The highest BCUT2D eigenvalue weighted by atomic mass is 35.5. The van der Waals surface area contributed by atoms with E-state index in [0.717, 1.165) is 34.6 Å². The van der Waals surface area contributed by atoms with Gasteiger partial charge in [0.05, 0.1) is 19.9 Å². The Morgan fingerprint density at radius 3 is 1.65 bits per heavy atom. The van der Waals surface area contributed by atoms with Crippen molar-refractivity contribution < 1.29 is 14.2 Å². The zero-order valence-corrected chi connectivity index (χ0v) is 22.4. The summed E-state index contributed by atoms with van der Waals surface area (Å²) in [6.07, 6.45) is 0. The lowest BCUT2D eigenvalue weighted by atomic mass is 10.2. The number of rotatable bonds is 6. The van der Waals surface area contributed by atoms with Gasteiger partial charge in [0, 0.05) is 40.7 Å². The molecular weight excluding hydrogens is 558 g/mol. The van der Waals surface area contributed by atoms with E-state index in [1.807, 2.05) is 48.5 Å². The number of hydrogen-bond acceptors (Lipinski definition) is 6. The predicted molar refractivity (Wildman–Crippen MR) is 151 cm³/mol. The number of nitrogens with zero attached hydrogens (tertiary/aromatic N) is 2. The van der Waals surface area contributed by atoms with Crippen molar-refractivity contribution in [2.24, 2.45) is 0 Å². The van der Waals surface area contributed by atoms with Crippen LogP contribution in [-0.4, -0.2) is 9.85 Å². The fourth-order valence-corrected chi connectivity index (χ4v) is 4.24. The van der Waals surface area contributed by atoms with Crippen molar-refractivity contribution in [3.05, 3.63) is 144 Å². The third-order valence-corrected chi connectivity index (χ3v) is 6.73. The van der Waals surface area contributed by atoms with Gasteiger partial charge in [-0.1, -0.05) is 83.9 Å². The number of nitro benzene ring substituents is 2. The van der Waals surface area contributed by atoms with Gasteiger partial charge in [0.25, 0.3) is 11.4 Å². The molecule has 11 heteroatoms. The van der Waals surface area contributed by atoms with Crippen LogP contribution in [0.2, 0.25) is 10.0 Å². The largest absolute Gasteiger partial charge is 0.271 e. The zero-order chi connectivity index (χ0) is 27.2. The van der Waals surface area contributed by atoms with Gasteiger partial charge in [-0.2, -0.15) is 12.6 Å². The Morgan fingerprint density at radius 1 is 0.730 bits per heavy atom. The molecule has 0 bridgehead atoms. The molecule has 4 aromatic carbocycles. The maximum absolute atomic E-state index is 12.4. The minimum Gasteiger partial charge on any atom is -0.258 e. The Balaban J connectivity index is 0.000000215. The molecule has 0 atom stereocenters. The molecule has 0 N–H and O–H groups in total. The quantitative estimate of drug-likeness (QED) is 0.107. The molecule has 0 aliphatic carbocycles. The average molecular weight is 580 g/mol. The molecule has 0 unspecified atom stereocenters. The van der Waals surface area contributed by atoms with Gasteiger partial charge >= 0.3 is 0 Å². The van der Waals surface area contributed by atoms with Crippen LogP contribution in [0.15, 0.2) is 102 Å². The van der Waals surface area contributed by atoms with Gasteiger partial charge in [-0.05, 0) is 23.3 Å². The number of hydrogen-bond donors (Lipinski definition) is 1. The van der Waals surface area contributed by atoms with E-state index < -0.39 is 15.7 Å². The van der Waals surface area contributed by atoms with Crippen LogP contribution >= 0.6 is 47.6 Å². The van der Waals surface area contributed by atoms with Gasteiger partial charge in [-0.15, -0.1) is 11.8 Å². The Morgan fingerprint density at radius 2 is 1.22 bits per heavy atom. The lowest BCUT2D eigenvalue weighted by Gasteiger charge is -2.04. The molecule has 6 nitrogen and oxygen atoms in total. The van der Waals surface area contributed by atoms with Crippen molar-refractivity contribution in [1.82, 2.24) is 0 Å². The summed E-state index contributed by atoms with van der Waals surface area (Å²) in [6.45, 7) is 0. The second-order valence-corrected chi connectivity index (χ2v) is 9.29. The molecule has 0 saturated heterocycles. The van der Waals surface area contributed by atoms with Crippen molar-refractivity contribution in [2.75, 3.05) is 0 Å². The minimum absolute atomic E-state index is 0.0176. The van der Waals surface area contributed by atoms with Gasteiger partial charge < -0.3 is 0 Å². The first-order valence-corrected chi connectivity index (χ1v) is 12.9. The van der Waals surface area contributed by atoms with E-state index in [2.05, 4.69) is 24.8 Å². The fraction of sp³-hybridized carbons (Fsp3) is 0.0769. The van der Waals surface area contributed by atoms with Crippen LogP contribution in [0.5, 0.6) is 0 Å². The Kier molecular flexibility index (Phi) is 12.9. The molecule has 0 aromatic heterocycles. The number of nitro groups is 2. The highest BCUT2D eigenvalue weighted by molar-refractivity contribution is 7.98. The van der Waals surface area contributed by atoms with Crippen molar-refractivity contribution in [2.45, 2.75) is 16.4 Å². The summed E-state index contributed by atoms with van der Waals surface area (Å²) >= 11 is 17.0. The van der Waals surface area contributed by atoms with Crippen molar-refractivity contribution >= 4 is 59.0 Å². The molecule has 4 rings (SSSR count). The van der Waals surface area contributed by atoms with Gasteiger partial charge in [0.1, 0.15) is 5.82 Å². The molecule has 37 heavy (non-hydrogen) atoms. The van der Waals surface area contributed by atoms with Crippen LogP contribution in [0.3, 0.4) is 0 Å². The zero-order valence-electron chi connectivity index (χ0n) is 19.2. The number of halogens is 3. The topological polar surface area (TPSA) is 86.3 Å². The Labute approximate surface area is 233 Å². The van der Waals surface area contributed by atoms with E-state index in [9.17, 15) is 24.6 Å². The Hall–Kier alpha value is -3.11. The smallest absolute Gasteiger partial charge is 0.258 e. The summed E-state index contributed by atoms with van der Waals surface area (Å²) < 4.78 is 12.4. The number of benzene rings is 4. The monoisotopic (exact) mass is 578 g/mol. The average Bonchev–Trinajstić information content (AvgIpc) is 2.91. The summed E-state index contributed by atoms with van der Waals surface area (Å²) in [5.74, 6) is 0.969. The van der Waals surface area contributed by atoms with E-state index >= 15 is 0 Å². The summed E-state index contributed by atoms with van der Waals surface area (Å²) in [5.41, 5.74) is 2.27. The number of thiol groups is 1. The summed E-state index contributed by atoms with van der Waals surface area (Å²) in [6, 6.07) is 27.7. The van der Waals surface area contributed by atoms with E-state index in [-0.39, 0.29) is 16.4 Å². The second-order valence-electron chi connectivity index (χ2n) is 7.15. The minimum atomic E-state index is -0.655. The normalized spacial score (nSPS) is 9.84. The van der Waals surface area contributed by atoms with E-state index in [0.29, 0.717) is 5.02 Å². The summed E-state index contributed by atoms with van der Waals surface area (Å²) in [4.78, 5) is 20.4. The summed E-state index contributed by atoms with van der Waals surface area (Å²) in [7, 11) is 0. The summed E-state index contributed by atoms with van der Waals surface area (Å²) in [5, 5.41) is 20.9. The molecular formula is C26H21Cl2FN2O4S2. The van der Waals surface area contributed by atoms with Crippen LogP contribution in [-0.2, 0) is 11.5 Å². The van der Waals surface area contributed by atoms with E-state index in [4.69, 9.17) is 23.2 Å². The van der Waals surface area contributed by atoms with Crippen molar-refractivity contribution in [1.29, 1.82) is 0 Å². The van der Waals surface area contributed by atoms with E-state index in [1.165, 1.54) is 23.3 Å². The molecule has 192 valence electrons. The van der Waals surface area contributed by atoms with Crippen molar-refractivity contribution in [3.63, 3.8) is 0 Å².